The summed E-state index contributed by atoms with van der Waals surface area (Å²) < 4.78 is 37.8. The Labute approximate surface area is 149 Å². The second-order valence-electron chi connectivity index (χ2n) is 5.93. The minimum atomic E-state index is -1.57. The lowest BCUT2D eigenvalue weighted by Crippen LogP contribution is -2.30. The Balaban J connectivity index is 1.35. The van der Waals surface area contributed by atoms with Crippen LogP contribution in [-0.2, 0) is 20.4 Å². The number of hydrogen-bond donors (Lipinski definition) is 1. The highest BCUT2D eigenvalue weighted by atomic mass is 31.2. The van der Waals surface area contributed by atoms with Crippen molar-refractivity contribution < 1.29 is 22.7 Å². The van der Waals surface area contributed by atoms with Gasteiger partial charge in [0.15, 0.2) is 6.23 Å². The van der Waals surface area contributed by atoms with Crippen LogP contribution >= 0.6 is 8.60 Å². The maximum atomic E-state index is 14.3. The van der Waals surface area contributed by atoms with Crippen molar-refractivity contribution in [2.75, 3.05) is 12.3 Å². The van der Waals surface area contributed by atoms with Crippen LogP contribution in [-0.4, -0.2) is 28.4 Å². The lowest BCUT2D eigenvalue weighted by molar-refractivity contribution is -0.0377. The average Bonchev–Trinajstić information content (AvgIpc) is 3.00. The third kappa shape index (κ3) is 3.57. The molecule has 0 bridgehead atoms. The Morgan fingerprint density at radius 3 is 3.08 bits per heavy atom. The van der Waals surface area contributed by atoms with Crippen LogP contribution in [0.1, 0.15) is 18.2 Å². The van der Waals surface area contributed by atoms with E-state index < -0.39 is 32.8 Å². The number of benzene rings is 1. The van der Waals surface area contributed by atoms with Gasteiger partial charge >= 0.3 is 14.3 Å². The zero-order valence-electron chi connectivity index (χ0n) is 13.7. The molecule has 2 N–H and O–H groups in total. The number of aromatic nitrogens is 2. The van der Waals surface area contributed by atoms with Crippen molar-refractivity contribution in [2.24, 2.45) is 0 Å². The monoisotopic (exact) mass is 381 g/mol. The van der Waals surface area contributed by atoms with Gasteiger partial charge in [0.1, 0.15) is 17.7 Å². The molecule has 2 aliphatic heterocycles. The van der Waals surface area contributed by atoms with Gasteiger partial charge in [0.25, 0.3) is 0 Å². The van der Waals surface area contributed by atoms with Crippen molar-refractivity contribution in [2.45, 2.75) is 31.5 Å². The molecular formula is C16H17FN3O5P. The molecule has 1 saturated heterocycles. The van der Waals surface area contributed by atoms with E-state index in [9.17, 15) is 9.18 Å². The summed E-state index contributed by atoms with van der Waals surface area (Å²) in [4.78, 5) is 15.4. The summed E-state index contributed by atoms with van der Waals surface area (Å²) in [6.45, 7) is 0.496. The van der Waals surface area contributed by atoms with Crippen molar-refractivity contribution in [3.8, 4) is 5.75 Å². The van der Waals surface area contributed by atoms with Crippen LogP contribution in [0.5, 0.6) is 5.75 Å². The van der Waals surface area contributed by atoms with Gasteiger partial charge in [-0.05, 0) is 12.1 Å². The zero-order valence-corrected chi connectivity index (χ0v) is 14.6. The molecule has 26 heavy (non-hydrogen) atoms. The molecule has 0 radical (unpaired) electrons. The SMILES string of the molecule is Nc1ccn(C2OC(COP3OCc4ccccc4O3)CC2F)c(=O)n1. The molecule has 8 nitrogen and oxygen atoms in total. The van der Waals surface area contributed by atoms with E-state index in [0.717, 1.165) is 15.9 Å². The first kappa shape index (κ1) is 17.4. The van der Waals surface area contributed by atoms with Gasteiger partial charge in [0.2, 0.25) is 0 Å². The molecule has 4 atom stereocenters. The number of rotatable bonds is 4. The molecule has 0 amide bonds. The second-order valence-corrected chi connectivity index (χ2v) is 7.08. The van der Waals surface area contributed by atoms with Gasteiger partial charge in [-0.25, -0.2) is 9.18 Å². The molecule has 1 aromatic carbocycles. The first-order valence-electron chi connectivity index (χ1n) is 8.06. The quantitative estimate of drug-likeness (QED) is 0.812. The molecule has 2 aromatic rings. The molecule has 1 aromatic heterocycles. The number of anilines is 1. The van der Waals surface area contributed by atoms with Crippen LogP contribution in [0.15, 0.2) is 41.3 Å². The third-order valence-electron chi connectivity index (χ3n) is 4.09. The van der Waals surface area contributed by atoms with Crippen LogP contribution in [0.2, 0.25) is 0 Å². The van der Waals surface area contributed by atoms with E-state index >= 15 is 0 Å². The standard InChI is InChI=1S/C16H17FN3O5P/c17-12-7-11(24-15(12)20-6-5-14(18)19-16(20)21)9-23-26-22-8-10-3-1-2-4-13(10)25-26/h1-6,11-12,15H,7-9H2,(H2,18,19,21). The summed E-state index contributed by atoms with van der Waals surface area (Å²) in [5.74, 6) is 0.798. The van der Waals surface area contributed by atoms with E-state index in [-0.39, 0.29) is 18.8 Å². The Bertz CT molecular complexity index is 851. The van der Waals surface area contributed by atoms with Crippen LogP contribution in [0, 0.1) is 0 Å². The topological polar surface area (TPSA) is 97.8 Å². The number of ether oxygens (including phenoxy) is 1. The molecule has 2 aliphatic rings. The summed E-state index contributed by atoms with van der Waals surface area (Å²) >= 11 is 0. The second kappa shape index (κ2) is 7.28. The summed E-state index contributed by atoms with van der Waals surface area (Å²) in [6, 6.07) is 8.96. The Hall–Kier alpha value is -2.06. The number of halogens is 1. The highest BCUT2D eigenvalue weighted by Gasteiger charge is 2.38. The third-order valence-corrected chi connectivity index (χ3v) is 5.14. The average molecular weight is 381 g/mol. The van der Waals surface area contributed by atoms with Crippen LogP contribution in [0.4, 0.5) is 10.2 Å². The van der Waals surface area contributed by atoms with E-state index in [1.807, 2.05) is 24.3 Å². The summed E-state index contributed by atoms with van der Waals surface area (Å²) in [5, 5.41) is 0. The molecule has 10 heteroatoms. The normalized spacial score (nSPS) is 27.7. The van der Waals surface area contributed by atoms with Gasteiger partial charge < -0.3 is 15.0 Å². The predicted octanol–water partition coefficient (Wildman–Crippen LogP) is 2.30. The van der Waals surface area contributed by atoms with E-state index in [0.29, 0.717) is 6.61 Å². The van der Waals surface area contributed by atoms with E-state index in [2.05, 4.69) is 4.98 Å². The van der Waals surface area contributed by atoms with Gasteiger partial charge in [-0.1, -0.05) is 18.2 Å². The number of nitrogen functional groups attached to an aromatic ring is 1. The maximum absolute atomic E-state index is 14.3. The molecule has 0 aliphatic carbocycles. The predicted molar refractivity (Wildman–Crippen MR) is 91.1 cm³/mol. The van der Waals surface area contributed by atoms with Crippen molar-refractivity contribution >= 4 is 14.4 Å². The minimum Gasteiger partial charge on any atom is -0.426 e. The lowest BCUT2D eigenvalue weighted by Gasteiger charge is -2.24. The van der Waals surface area contributed by atoms with Crippen LogP contribution in [0.25, 0.3) is 0 Å². The van der Waals surface area contributed by atoms with Crippen molar-refractivity contribution in [3.63, 3.8) is 0 Å². The fourth-order valence-electron chi connectivity index (χ4n) is 2.82. The largest absolute Gasteiger partial charge is 0.426 e. The summed E-state index contributed by atoms with van der Waals surface area (Å²) in [5.41, 5.74) is 5.74. The highest BCUT2D eigenvalue weighted by molar-refractivity contribution is 7.42. The van der Waals surface area contributed by atoms with E-state index in [1.54, 1.807) is 0 Å². The number of alkyl halides is 1. The molecule has 4 unspecified atom stereocenters. The molecule has 4 rings (SSSR count). The molecule has 1 fully saturated rings. The van der Waals surface area contributed by atoms with E-state index in [1.165, 1.54) is 12.3 Å². The number of fused-ring (bicyclic) bond motifs is 1. The van der Waals surface area contributed by atoms with Crippen LogP contribution in [0.3, 0.4) is 0 Å². The zero-order chi connectivity index (χ0) is 18.1. The van der Waals surface area contributed by atoms with E-state index in [4.69, 9.17) is 24.0 Å². The Morgan fingerprint density at radius 2 is 2.23 bits per heavy atom. The molecule has 0 spiro atoms. The highest BCUT2D eigenvalue weighted by Crippen LogP contribution is 2.47. The van der Waals surface area contributed by atoms with Crippen molar-refractivity contribution in [1.29, 1.82) is 0 Å². The van der Waals surface area contributed by atoms with Crippen LogP contribution < -0.4 is 15.9 Å². The van der Waals surface area contributed by atoms with Gasteiger partial charge in [0.05, 0.1) is 19.3 Å². The molecule has 138 valence electrons. The van der Waals surface area contributed by atoms with Gasteiger partial charge in [-0.3, -0.25) is 13.6 Å². The smallest absolute Gasteiger partial charge is 0.397 e. The first-order chi connectivity index (χ1) is 12.6. The van der Waals surface area contributed by atoms with Crippen molar-refractivity contribution in [3.05, 3.63) is 52.6 Å². The van der Waals surface area contributed by atoms with Gasteiger partial charge in [-0.15, -0.1) is 0 Å². The molecule has 3 heterocycles. The minimum absolute atomic E-state index is 0.0780. The number of hydrogen-bond acceptors (Lipinski definition) is 7. The Morgan fingerprint density at radius 1 is 1.38 bits per heavy atom. The van der Waals surface area contributed by atoms with Gasteiger partial charge in [0, 0.05) is 18.2 Å². The summed E-state index contributed by atoms with van der Waals surface area (Å²) in [6.07, 6.45) is -1.45. The first-order valence-corrected chi connectivity index (χ1v) is 9.16. The van der Waals surface area contributed by atoms with Crippen molar-refractivity contribution in [1.82, 2.24) is 9.55 Å². The maximum Gasteiger partial charge on any atom is 0.397 e. The fourth-order valence-corrected chi connectivity index (χ4v) is 3.87. The number of nitrogens with zero attached hydrogens (tertiary/aromatic N) is 2. The van der Waals surface area contributed by atoms with Gasteiger partial charge in [-0.2, -0.15) is 4.98 Å². The molecular weight excluding hydrogens is 364 g/mol. The number of para-hydroxylation sites is 1. The lowest BCUT2D eigenvalue weighted by atomic mass is 10.2. The number of nitrogens with two attached hydrogens (primary N) is 1. The summed E-state index contributed by atoms with van der Waals surface area (Å²) in [7, 11) is -1.57. The fraction of sp³-hybridized carbons (Fsp3) is 0.375. The molecule has 0 saturated carbocycles. The Kier molecular flexibility index (Phi) is 4.86.